The molecule has 3 unspecified atom stereocenters. The van der Waals surface area contributed by atoms with Crippen molar-refractivity contribution in [2.24, 2.45) is 0 Å². The molecule has 0 bridgehead atoms. The summed E-state index contributed by atoms with van der Waals surface area (Å²) >= 11 is 6.00. The number of alkyl halides is 3. The minimum absolute atomic E-state index is 0.0901. The molecule has 0 aliphatic rings. The van der Waals surface area contributed by atoms with Crippen molar-refractivity contribution >= 4 is 17.5 Å². The van der Waals surface area contributed by atoms with Crippen LogP contribution in [0.15, 0.2) is 66.9 Å². The first-order valence-corrected chi connectivity index (χ1v) is 11.2. The van der Waals surface area contributed by atoms with Crippen molar-refractivity contribution in [3.05, 3.63) is 94.1 Å². The highest BCUT2D eigenvalue weighted by Gasteiger charge is 2.31. The third-order valence-electron chi connectivity index (χ3n) is 5.52. The second kappa shape index (κ2) is 11.2. The number of pyridine rings is 1. The fraction of sp³-hybridized carbons (Fsp3) is 0.269. The first-order chi connectivity index (χ1) is 16.6. The Labute approximate surface area is 206 Å². The molecular formula is C26H23ClF3N3O2. The lowest BCUT2D eigenvalue weighted by atomic mass is 9.86. The Hall–Kier alpha value is -3.57. The Morgan fingerprint density at radius 1 is 1.14 bits per heavy atom. The fourth-order valence-corrected chi connectivity index (χ4v) is 3.72. The summed E-state index contributed by atoms with van der Waals surface area (Å²) in [6.07, 6.45) is -4.27. The molecule has 0 saturated carbocycles. The van der Waals surface area contributed by atoms with Gasteiger partial charge < -0.3 is 10.1 Å². The van der Waals surface area contributed by atoms with E-state index in [1.165, 1.54) is 6.92 Å². The number of halogens is 4. The standard InChI is InChI=1S/C26H23ClF3N3O2/c1-16(33-25(34)17(2)35-24-11-8-21(15-32-24)26(28,29)30)23(13-18-6-9-22(27)10-7-18)20-5-3-4-19(12-20)14-31/h3-12,15-17,23H,13H2,1-2H3,(H,33,34). The molecule has 9 heteroatoms. The minimum atomic E-state index is -4.51. The number of hydrogen-bond donors (Lipinski definition) is 1. The van der Waals surface area contributed by atoms with Gasteiger partial charge in [-0.15, -0.1) is 0 Å². The van der Waals surface area contributed by atoms with Gasteiger partial charge in [-0.1, -0.05) is 35.9 Å². The molecule has 0 spiro atoms. The van der Waals surface area contributed by atoms with Gasteiger partial charge in [0.05, 0.1) is 17.2 Å². The first-order valence-electron chi connectivity index (χ1n) is 10.8. The van der Waals surface area contributed by atoms with Gasteiger partial charge in [-0.2, -0.15) is 18.4 Å². The van der Waals surface area contributed by atoms with Crippen LogP contribution < -0.4 is 10.1 Å². The highest BCUT2D eigenvalue weighted by atomic mass is 35.5. The normalized spacial score (nSPS) is 13.9. The summed E-state index contributed by atoms with van der Waals surface area (Å²) in [5.41, 5.74) is 1.48. The van der Waals surface area contributed by atoms with Gasteiger partial charge in [0.1, 0.15) is 0 Å². The number of ether oxygens (including phenoxy) is 1. The van der Waals surface area contributed by atoms with Crippen LogP contribution in [0.1, 0.15) is 42.0 Å². The van der Waals surface area contributed by atoms with Crippen molar-refractivity contribution in [3.63, 3.8) is 0 Å². The van der Waals surface area contributed by atoms with Crippen molar-refractivity contribution in [1.29, 1.82) is 5.26 Å². The molecule has 3 aromatic rings. The molecule has 3 atom stereocenters. The molecule has 182 valence electrons. The number of rotatable bonds is 8. The number of carbonyl (C=O) groups excluding carboxylic acids is 1. The second-order valence-electron chi connectivity index (χ2n) is 8.11. The maximum absolute atomic E-state index is 12.8. The Morgan fingerprint density at radius 2 is 1.86 bits per heavy atom. The maximum atomic E-state index is 12.8. The maximum Gasteiger partial charge on any atom is 0.417 e. The summed E-state index contributed by atoms with van der Waals surface area (Å²) in [7, 11) is 0. The Morgan fingerprint density at radius 3 is 2.46 bits per heavy atom. The number of nitrogens with zero attached hydrogens (tertiary/aromatic N) is 2. The molecule has 0 aliphatic carbocycles. The number of benzene rings is 2. The predicted molar refractivity (Wildman–Crippen MR) is 126 cm³/mol. The summed E-state index contributed by atoms with van der Waals surface area (Å²) in [5, 5.41) is 12.8. The zero-order valence-electron chi connectivity index (χ0n) is 19.0. The van der Waals surface area contributed by atoms with Crippen molar-refractivity contribution in [2.75, 3.05) is 0 Å². The van der Waals surface area contributed by atoms with E-state index in [1.807, 2.05) is 25.1 Å². The lowest BCUT2D eigenvalue weighted by Gasteiger charge is -2.27. The van der Waals surface area contributed by atoms with E-state index in [0.29, 0.717) is 23.2 Å². The van der Waals surface area contributed by atoms with E-state index in [2.05, 4.69) is 16.4 Å². The summed E-state index contributed by atoms with van der Waals surface area (Å²) in [5.74, 6) is -0.714. The third kappa shape index (κ3) is 7.20. The molecular weight excluding hydrogens is 479 g/mol. The molecule has 1 aromatic heterocycles. The molecule has 35 heavy (non-hydrogen) atoms. The quantitative estimate of drug-likeness (QED) is 0.415. The van der Waals surface area contributed by atoms with Gasteiger partial charge in [0.15, 0.2) is 6.10 Å². The average molecular weight is 502 g/mol. The van der Waals surface area contributed by atoms with E-state index in [9.17, 15) is 23.2 Å². The molecule has 1 heterocycles. The van der Waals surface area contributed by atoms with Gasteiger partial charge in [0, 0.05) is 29.2 Å². The summed E-state index contributed by atoms with van der Waals surface area (Å²) < 4.78 is 43.6. The van der Waals surface area contributed by atoms with Crippen LogP contribution in [0.3, 0.4) is 0 Å². The molecule has 1 amide bonds. The average Bonchev–Trinajstić information content (AvgIpc) is 2.83. The highest BCUT2D eigenvalue weighted by Crippen LogP contribution is 2.29. The van der Waals surface area contributed by atoms with E-state index in [1.54, 1.807) is 30.3 Å². The molecule has 5 nitrogen and oxygen atoms in total. The number of aromatic nitrogens is 1. The van der Waals surface area contributed by atoms with Crippen LogP contribution in [0.4, 0.5) is 13.2 Å². The van der Waals surface area contributed by atoms with E-state index >= 15 is 0 Å². The summed E-state index contributed by atoms with van der Waals surface area (Å²) in [6, 6.07) is 18.3. The molecule has 1 N–H and O–H groups in total. The zero-order valence-corrected chi connectivity index (χ0v) is 19.8. The fourth-order valence-electron chi connectivity index (χ4n) is 3.59. The monoisotopic (exact) mass is 501 g/mol. The van der Waals surface area contributed by atoms with Crippen LogP contribution >= 0.6 is 11.6 Å². The number of nitrogens with one attached hydrogen (secondary N) is 1. The number of amides is 1. The van der Waals surface area contributed by atoms with Crippen LogP contribution in [0.5, 0.6) is 5.88 Å². The van der Waals surface area contributed by atoms with Crippen molar-refractivity contribution in [1.82, 2.24) is 10.3 Å². The molecule has 0 radical (unpaired) electrons. The Kier molecular flexibility index (Phi) is 8.36. The van der Waals surface area contributed by atoms with Gasteiger partial charge >= 0.3 is 6.18 Å². The van der Waals surface area contributed by atoms with Crippen LogP contribution in [0.2, 0.25) is 5.02 Å². The highest BCUT2D eigenvalue weighted by molar-refractivity contribution is 6.30. The zero-order chi connectivity index (χ0) is 25.6. The minimum Gasteiger partial charge on any atom is -0.465 e. The van der Waals surface area contributed by atoms with Gasteiger partial charge in [-0.3, -0.25) is 4.79 Å². The van der Waals surface area contributed by atoms with Crippen LogP contribution in [-0.2, 0) is 17.4 Å². The smallest absolute Gasteiger partial charge is 0.417 e. The lowest BCUT2D eigenvalue weighted by molar-refractivity contribution is -0.138. The number of hydrogen-bond acceptors (Lipinski definition) is 4. The molecule has 3 rings (SSSR count). The topological polar surface area (TPSA) is 75.0 Å². The number of nitriles is 1. The Balaban J connectivity index is 1.73. The van der Waals surface area contributed by atoms with E-state index in [-0.39, 0.29) is 17.8 Å². The largest absolute Gasteiger partial charge is 0.465 e. The number of carbonyl (C=O) groups is 1. The van der Waals surface area contributed by atoms with Crippen LogP contribution in [0.25, 0.3) is 0 Å². The predicted octanol–water partition coefficient (Wildman–Crippen LogP) is 5.92. The summed E-state index contributed by atoms with van der Waals surface area (Å²) in [6.45, 7) is 3.34. The molecule has 0 aliphatic heterocycles. The van der Waals surface area contributed by atoms with Crippen molar-refractivity contribution < 1.29 is 22.7 Å². The van der Waals surface area contributed by atoms with E-state index in [4.69, 9.17) is 16.3 Å². The van der Waals surface area contributed by atoms with Crippen molar-refractivity contribution in [3.8, 4) is 11.9 Å². The molecule has 2 aromatic carbocycles. The van der Waals surface area contributed by atoms with E-state index in [0.717, 1.165) is 23.3 Å². The SMILES string of the molecule is CC(Oc1ccc(C(F)(F)F)cn1)C(=O)NC(C)C(Cc1ccc(Cl)cc1)c1cccc(C#N)c1. The van der Waals surface area contributed by atoms with Gasteiger partial charge in [-0.05, 0) is 61.7 Å². The third-order valence-corrected chi connectivity index (χ3v) is 5.77. The van der Waals surface area contributed by atoms with E-state index < -0.39 is 23.8 Å². The first kappa shape index (κ1) is 26.0. The lowest BCUT2D eigenvalue weighted by Crippen LogP contribution is -2.44. The van der Waals surface area contributed by atoms with Gasteiger partial charge in [-0.25, -0.2) is 4.98 Å². The molecule has 0 fully saturated rings. The Bertz CT molecular complexity index is 1190. The second-order valence-corrected chi connectivity index (χ2v) is 8.55. The van der Waals surface area contributed by atoms with Crippen LogP contribution in [-0.4, -0.2) is 23.0 Å². The van der Waals surface area contributed by atoms with Crippen LogP contribution in [0, 0.1) is 11.3 Å². The summed E-state index contributed by atoms with van der Waals surface area (Å²) in [4.78, 5) is 16.5. The van der Waals surface area contributed by atoms with Crippen molar-refractivity contribution in [2.45, 2.75) is 44.5 Å². The van der Waals surface area contributed by atoms with Gasteiger partial charge in [0.2, 0.25) is 5.88 Å². The van der Waals surface area contributed by atoms with Gasteiger partial charge in [0.25, 0.3) is 5.91 Å². The molecule has 0 saturated heterocycles.